The van der Waals surface area contributed by atoms with E-state index in [4.69, 9.17) is 14.2 Å². The average molecular weight is 761 g/mol. The molecule has 0 amide bonds. The van der Waals surface area contributed by atoms with Gasteiger partial charge < -0.3 is 23.8 Å². The number of rotatable bonds is 38. The number of aliphatic carboxylic acids is 1. The van der Waals surface area contributed by atoms with E-state index in [2.05, 4.69) is 62.5 Å². The molecular formula is C46H82NO7+. The first kappa shape index (κ1) is 51.3. The van der Waals surface area contributed by atoms with E-state index in [1.54, 1.807) is 0 Å². The van der Waals surface area contributed by atoms with Crippen LogP contribution in [0.1, 0.15) is 174 Å². The molecule has 0 saturated heterocycles. The molecule has 0 aromatic heterocycles. The Bertz CT molecular complexity index is 1030. The van der Waals surface area contributed by atoms with Crippen molar-refractivity contribution in [2.75, 3.05) is 41.0 Å². The molecule has 8 heteroatoms. The topological polar surface area (TPSA) is 99.1 Å². The fraction of sp³-hybridized carbons (Fsp3) is 0.761. The lowest BCUT2D eigenvalue weighted by Gasteiger charge is -2.31. The van der Waals surface area contributed by atoms with Crippen LogP contribution in [0.2, 0.25) is 0 Å². The van der Waals surface area contributed by atoms with Crippen molar-refractivity contribution in [3.05, 3.63) is 48.6 Å². The minimum absolute atomic E-state index is 0.0430. The number of carboxylic acids is 1. The molecule has 0 aliphatic carbocycles. The number of carboxylic acid groups (broad SMARTS) is 1. The number of esters is 2. The van der Waals surface area contributed by atoms with Crippen LogP contribution in [0, 0.1) is 0 Å². The van der Waals surface area contributed by atoms with Gasteiger partial charge in [0, 0.05) is 19.3 Å². The Morgan fingerprint density at radius 1 is 0.574 bits per heavy atom. The maximum atomic E-state index is 12.7. The Hall–Kier alpha value is -2.71. The Balaban J connectivity index is 4.36. The van der Waals surface area contributed by atoms with Crippen molar-refractivity contribution in [2.45, 2.75) is 187 Å². The molecule has 1 N–H and O–H groups in total. The quantitative estimate of drug-likeness (QED) is 0.0289. The standard InChI is InChI=1S/C46H81NO7/c1-6-8-10-12-14-16-18-19-20-21-22-23-24-25-27-29-31-33-35-37-45(49)54-42(40-52-39-38-43(46(50)51)47(3,4)5)41-53-44(48)36-34-32-30-28-26-17-15-13-11-9-7-2/h9,11,15,17,21-22,28,30,42-43H,6-8,10,12-14,16,18-20,23-27,29,31-41H2,1-5H3/p+1/b11-9+,17-15+,22-21+,30-28+. The maximum absolute atomic E-state index is 12.7. The highest BCUT2D eigenvalue weighted by molar-refractivity contribution is 5.72. The molecular weight excluding hydrogens is 679 g/mol. The molecule has 0 aromatic rings. The van der Waals surface area contributed by atoms with Gasteiger partial charge in [0.1, 0.15) is 6.61 Å². The second-order valence-electron chi connectivity index (χ2n) is 15.6. The second kappa shape index (κ2) is 37.2. The molecule has 0 radical (unpaired) electrons. The average Bonchev–Trinajstić information content (AvgIpc) is 3.12. The number of carbonyl (C=O) groups is 3. The molecule has 312 valence electrons. The SMILES string of the molecule is CC/C=C/C/C=C/C/C=C/CCCC(=O)OCC(COCCC(C(=O)O)[N+](C)(C)C)OC(=O)CCCCCCCCC/C=C/CCCCCCCCCC. The van der Waals surface area contributed by atoms with Gasteiger partial charge in [0.25, 0.3) is 0 Å². The van der Waals surface area contributed by atoms with Crippen LogP contribution in [0.15, 0.2) is 48.6 Å². The highest BCUT2D eigenvalue weighted by Crippen LogP contribution is 2.14. The van der Waals surface area contributed by atoms with Crippen LogP contribution in [-0.4, -0.2) is 80.6 Å². The Morgan fingerprint density at radius 2 is 1.06 bits per heavy atom. The monoisotopic (exact) mass is 761 g/mol. The molecule has 0 aliphatic rings. The van der Waals surface area contributed by atoms with Gasteiger partial charge in [0.2, 0.25) is 0 Å². The van der Waals surface area contributed by atoms with Crippen molar-refractivity contribution in [2.24, 2.45) is 0 Å². The summed E-state index contributed by atoms with van der Waals surface area (Å²) in [5.41, 5.74) is 0. The molecule has 0 saturated carbocycles. The fourth-order valence-electron chi connectivity index (χ4n) is 6.11. The van der Waals surface area contributed by atoms with E-state index in [1.807, 2.05) is 21.1 Å². The lowest BCUT2D eigenvalue weighted by Crippen LogP contribution is -2.50. The molecule has 0 fully saturated rings. The number of allylic oxidation sites excluding steroid dienone is 8. The van der Waals surface area contributed by atoms with E-state index in [0.29, 0.717) is 19.3 Å². The summed E-state index contributed by atoms with van der Waals surface area (Å²) in [6, 6.07) is -0.622. The van der Waals surface area contributed by atoms with Crippen LogP contribution in [0.3, 0.4) is 0 Å². The molecule has 0 aromatic carbocycles. The minimum atomic E-state index is -0.883. The summed E-state index contributed by atoms with van der Waals surface area (Å²) in [7, 11) is 5.50. The van der Waals surface area contributed by atoms with Crippen molar-refractivity contribution in [3.8, 4) is 0 Å². The molecule has 0 bridgehead atoms. The zero-order valence-corrected chi connectivity index (χ0v) is 35.4. The number of unbranched alkanes of at least 4 members (excludes halogenated alkanes) is 16. The van der Waals surface area contributed by atoms with E-state index in [0.717, 1.165) is 44.9 Å². The lowest BCUT2D eigenvalue weighted by molar-refractivity contribution is -0.887. The van der Waals surface area contributed by atoms with E-state index in [9.17, 15) is 19.5 Å². The fourth-order valence-corrected chi connectivity index (χ4v) is 6.11. The first-order valence-corrected chi connectivity index (χ1v) is 21.7. The molecule has 0 heterocycles. The smallest absolute Gasteiger partial charge is 0.362 e. The third-order valence-electron chi connectivity index (χ3n) is 9.46. The van der Waals surface area contributed by atoms with E-state index >= 15 is 0 Å². The number of hydrogen-bond donors (Lipinski definition) is 1. The third kappa shape index (κ3) is 35.0. The van der Waals surface area contributed by atoms with Crippen molar-refractivity contribution in [1.82, 2.24) is 0 Å². The first-order valence-electron chi connectivity index (χ1n) is 21.7. The molecule has 0 rings (SSSR count). The van der Waals surface area contributed by atoms with E-state index in [1.165, 1.54) is 89.9 Å². The number of likely N-dealkylation sites (N-methyl/N-ethyl adjacent to an activating group) is 1. The molecule has 2 atom stereocenters. The first-order chi connectivity index (χ1) is 26.1. The number of carbonyl (C=O) groups excluding carboxylic acids is 2. The van der Waals surface area contributed by atoms with Crippen LogP contribution in [0.4, 0.5) is 0 Å². The number of ether oxygens (including phenoxy) is 3. The third-order valence-corrected chi connectivity index (χ3v) is 9.46. The van der Waals surface area contributed by atoms with Crippen LogP contribution in [0.5, 0.6) is 0 Å². The zero-order chi connectivity index (χ0) is 40.0. The van der Waals surface area contributed by atoms with Gasteiger partial charge >= 0.3 is 17.9 Å². The second-order valence-corrected chi connectivity index (χ2v) is 15.6. The van der Waals surface area contributed by atoms with Gasteiger partial charge in [-0.25, -0.2) is 4.79 Å². The minimum Gasteiger partial charge on any atom is -0.477 e. The lowest BCUT2D eigenvalue weighted by atomic mass is 10.1. The summed E-state index contributed by atoms with van der Waals surface area (Å²) in [5, 5.41) is 9.60. The van der Waals surface area contributed by atoms with E-state index < -0.39 is 18.1 Å². The summed E-state index contributed by atoms with van der Waals surface area (Å²) in [4.78, 5) is 36.9. The zero-order valence-electron chi connectivity index (χ0n) is 35.4. The highest BCUT2D eigenvalue weighted by Gasteiger charge is 2.31. The molecule has 0 spiro atoms. The van der Waals surface area contributed by atoms with Crippen LogP contribution in [-0.2, 0) is 28.6 Å². The predicted octanol–water partition coefficient (Wildman–Crippen LogP) is 11.6. The molecule has 54 heavy (non-hydrogen) atoms. The molecule has 2 unspecified atom stereocenters. The van der Waals surface area contributed by atoms with Crippen LogP contribution >= 0.6 is 0 Å². The molecule has 0 aliphatic heterocycles. The van der Waals surface area contributed by atoms with Gasteiger partial charge in [-0.3, -0.25) is 9.59 Å². The summed E-state index contributed by atoms with van der Waals surface area (Å²) in [5.74, 6) is -1.54. The van der Waals surface area contributed by atoms with Crippen molar-refractivity contribution < 1.29 is 38.2 Å². The van der Waals surface area contributed by atoms with Gasteiger partial charge in [-0.05, 0) is 64.2 Å². The van der Waals surface area contributed by atoms with Crippen molar-refractivity contribution >= 4 is 17.9 Å². The van der Waals surface area contributed by atoms with E-state index in [-0.39, 0.29) is 42.7 Å². The van der Waals surface area contributed by atoms with Gasteiger partial charge in [-0.15, -0.1) is 0 Å². The largest absolute Gasteiger partial charge is 0.477 e. The Morgan fingerprint density at radius 3 is 1.61 bits per heavy atom. The van der Waals surface area contributed by atoms with Gasteiger partial charge in [-0.1, -0.05) is 140 Å². The predicted molar refractivity (Wildman–Crippen MR) is 224 cm³/mol. The summed E-state index contributed by atoms with van der Waals surface area (Å²) in [6.45, 7) is 4.55. The van der Waals surface area contributed by atoms with Crippen LogP contribution < -0.4 is 0 Å². The Labute approximate surface area is 331 Å². The molecule has 8 nitrogen and oxygen atoms in total. The summed E-state index contributed by atoms with van der Waals surface area (Å²) in [6.07, 6.45) is 43.1. The highest BCUT2D eigenvalue weighted by atomic mass is 16.6. The number of nitrogens with zero attached hydrogens (tertiary/aromatic N) is 1. The van der Waals surface area contributed by atoms with Crippen LogP contribution in [0.25, 0.3) is 0 Å². The number of quaternary nitrogens is 1. The summed E-state index contributed by atoms with van der Waals surface area (Å²) < 4.78 is 17.2. The van der Waals surface area contributed by atoms with Gasteiger partial charge in [0.15, 0.2) is 12.1 Å². The summed E-state index contributed by atoms with van der Waals surface area (Å²) >= 11 is 0. The van der Waals surface area contributed by atoms with Crippen molar-refractivity contribution in [3.63, 3.8) is 0 Å². The van der Waals surface area contributed by atoms with Gasteiger partial charge in [0.05, 0.1) is 34.4 Å². The van der Waals surface area contributed by atoms with Crippen molar-refractivity contribution in [1.29, 1.82) is 0 Å². The normalized spacial score (nSPS) is 13.4. The Kier molecular flexibility index (Phi) is 35.4. The van der Waals surface area contributed by atoms with Gasteiger partial charge in [-0.2, -0.15) is 0 Å². The maximum Gasteiger partial charge on any atom is 0.362 e. The number of hydrogen-bond acceptors (Lipinski definition) is 6.